The summed E-state index contributed by atoms with van der Waals surface area (Å²) in [5.41, 5.74) is 6.27. The fourth-order valence-electron chi connectivity index (χ4n) is 5.46. The Hall–Kier alpha value is -1.94. The van der Waals surface area contributed by atoms with E-state index in [1.165, 1.54) is 46.6 Å². The van der Waals surface area contributed by atoms with Gasteiger partial charge in [-0.1, -0.05) is 37.3 Å². The minimum atomic E-state index is -3.09. The first-order valence-corrected chi connectivity index (χ1v) is 12.9. The van der Waals surface area contributed by atoms with Crippen LogP contribution in [0.4, 0.5) is 0 Å². The van der Waals surface area contributed by atoms with Gasteiger partial charge in [-0.05, 0) is 76.8 Å². The number of ketones is 1. The highest BCUT2D eigenvalue weighted by molar-refractivity contribution is 7.89. The van der Waals surface area contributed by atoms with E-state index in [2.05, 4.69) is 25.1 Å². The molecular weight excluding hydrogens is 380 g/mol. The summed E-state index contributed by atoms with van der Waals surface area (Å²) < 4.78 is 23.6. The van der Waals surface area contributed by atoms with Crippen LogP contribution in [0.5, 0.6) is 0 Å². The van der Waals surface area contributed by atoms with Gasteiger partial charge in [0.2, 0.25) is 0 Å². The van der Waals surface area contributed by atoms with Crippen molar-refractivity contribution in [3.8, 4) is 0 Å². The number of allylic oxidation sites excluding steroid dienone is 4. The van der Waals surface area contributed by atoms with Crippen LogP contribution in [-0.2, 0) is 20.4 Å². The lowest BCUT2D eigenvalue weighted by Crippen LogP contribution is -2.39. The van der Waals surface area contributed by atoms with Crippen LogP contribution in [0.25, 0.3) is 11.6 Å². The van der Waals surface area contributed by atoms with Gasteiger partial charge >= 0.3 is 0 Å². The topological polar surface area (TPSA) is 51.2 Å². The van der Waals surface area contributed by atoms with Gasteiger partial charge in [0.25, 0.3) is 0 Å². The lowest BCUT2D eigenvalue weighted by Gasteiger charge is -2.35. The Morgan fingerprint density at radius 1 is 1.07 bits per heavy atom. The van der Waals surface area contributed by atoms with Crippen molar-refractivity contribution in [2.75, 3.05) is 6.26 Å². The number of carbonyl (C=O) groups is 1. The zero-order valence-corrected chi connectivity index (χ0v) is 18.0. The fraction of sp³-hybridized carbons (Fsp3) is 0.480. The van der Waals surface area contributed by atoms with E-state index in [1.54, 1.807) is 0 Å². The zero-order chi connectivity index (χ0) is 20.3. The molecule has 4 aliphatic rings. The van der Waals surface area contributed by atoms with Gasteiger partial charge in [-0.15, -0.1) is 0 Å². The van der Waals surface area contributed by atoms with E-state index < -0.39 is 9.84 Å². The molecule has 0 aromatic heterocycles. The van der Waals surface area contributed by atoms with Crippen molar-refractivity contribution >= 4 is 27.3 Å². The molecule has 2 fully saturated rings. The van der Waals surface area contributed by atoms with E-state index in [-0.39, 0.29) is 23.5 Å². The van der Waals surface area contributed by atoms with E-state index in [4.69, 9.17) is 0 Å². The van der Waals surface area contributed by atoms with Crippen molar-refractivity contribution < 1.29 is 13.2 Å². The second-order valence-corrected chi connectivity index (χ2v) is 11.4. The SMILES string of the molecule is CC1C=C2CCCCC2=C2C1=c1ccc(CS(C)(=O)=O)cc1=CC2C(=O)C1CC1. The maximum atomic E-state index is 13.3. The van der Waals surface area contributed by atoms with Gasteiger partial charge in [-0.25, -0.2) is 8.42 Å². The second-order valence-electron chi connectivity index (χ2n) is 9.31. The normalized spacial score (nSPS) is 26.1. The summed E-state index contributed by atoms with van der Waals surface area (Å²) in [5.74, 6) is 0.725. The van der Waals surface area contributed by atoms with Crippen molar-refractivity contribution in [1.82, 2.24) is 0 Å². The zero-order valence-electron chi connectivity index (χ0n) is 17.2. The molecule has 152 valence electrons. The van der Waals surface area contributed by atoms with Crippen LogP contribution in [0.3, 0.4) is 0 Å². The fourth-order valence-corrected chi connectivity index (χ4v) is 6.24. The molecule has 1 aromatic rings. The summed E-state index contributed by atoms with van der Waals surface area (Å²) in [7, 11) is -3.09. The molecule has 2 saturated carbocycles. The van der Waals surface area contributed by atoms with Crippen molar-refractivity contribution in [3.05, 3.63) is 57.0 Å². The number of Topliss-reactive ketones (excluding diaryl/α,β-unsaturated/α-hetero) is 1. The number of hydrogen-bond donors (Lipinski definition) is 0. The number of carbonyl (C=O) groups excluding carboxylic acids is 1. The van der Waals surface area contributed by atoms with E-state index in [0.717, 1.165) is 36.5 Å². The molecule has 0 spiro atoms. The minimum Gasteiger partial charge on any atom is -0.298 e. The highest BCUT2D eigenvalue weighted by atomic mass is 32.2. The van der Waals surface area contributed by atoms with Gasteiger partial charge in [0.1, 0.15) is 5.78 Å². The maximum absolute atomic E-state index is 13.3. The second kappa shape index (κ2) is 6.80. The van der Waals surface area contributed by atoms with Crippen LogP contribution in [0.2, 0.25) is 0 Å². The molecule has 1 aromatic carbocycles. The first kappa shape index (κ1) is 19.0. The Balaban J connectivity index is 1.75. The third-order valence-corrected chi connectivity index (χ3v) is 7.67. The smallest absolute Gasteiger partial charge is 0.151 e. The molecule has 5 rings (SSSR count). The van der Waals surface area contributed by atoms with Gasteiger partial charge in [-0.2, -0.15) is 0 Å². The summed E-state index contributed by atoms with van der Waals surface area (Å²) >= 11 is 0. The van der Waals surface area contributed by atoms with Crippen molar-refractivity contribution in [1.29, 1.82) is 0 Å². The molecule has 4 aliphatic carbocycles. The molecule has 0 N–H and O–H groups in total. The highest BCUT2D eigenvalue weighted by Crippen LogP contribution is 2.47. The van der Waals surface area contributed by atoms with E-state index in [9.17, 15) is 13.2 Å². The average molecular weight is 409 g/mol. The third kappa shape index (κ3) is 3.46. The van der Waals surface area contributed by atoms with Crippen LogP contribution in [0.1, 0.15) is 51.0 Å². The molecule has 2 unspecified atom stereocenters. The van der Waals surface area contributed by atoms with Crippen molar-refractivity contribution in [2.24, 2.45) is 17.8 Å². The van der Waals surface area contributed by atoms with Crippen LogP contribution in [-0.4, -0.2) is 20.5 Å². The van der Waals surface area contributed by atoms with Gasteiger partial charge in [0, 0.05) is 18.1 Å². The third-order valence-electron chi connectivity index (χ3n) is 6.81. The largest absolute Gasteiger partial charge is 0.298 e. The van der Waals surface area contributed by atoms with Gasteiger partial charge in [0.05, 0.1) is 11.7 Å². The summed E-state index contributed by atoms with van der Waals surface area (Å²) in [5, 5.41) is 2.21. The Morgan fingerprint density at radius 3 is 2.55 bits per heavy atom. The number of sulfone groups is 1. The minimum absolute atomic E-state index is 0.0399. The predicted octanol–water partition coefficient (Wildman–Crippen LogP) is 3.22. The Bertz CT molecular complexity index is 1190. The first-order chi connectivity index (χ1) is 13.8. The monoisotopic (exact) mass is 408 g/mol. The summed E-state index contributed by atoms with van der Waals surface area (Å²) in [6, 6.07) is 6.02. The molecule has 29 heavy (non-hydrogen) atoms. The van der Waals surface area contributed by atoms with Crippen molar-refractivity contribution in [2.45, 2.75) is 51.2 Å². The summed E-state index contributed by atoms with van der Waals surface area (Å²) in [4.78, 5) is 13.3. The van der Waals surface area contributed by atoms with E-state index >= 15 is 0 Å². The van der Waals surface area contributed by atoms with E-state index in [1.807, 2.05) is 12.1 Å². The van der Waals surface area contributed by atoms with Gasteiger partial charge < -0.3 is 0 Å². The number of hydrogen-bond acceptors (Lipinski definition) is 3. The van der Waals surface area contributed by atoms with Crippen LogP contribution < -0.4 is 10.4 Å². The number of rotatable bonds is 4. The maximum Gasteiger partial charge on any atom is 0.151 e. The number of benzene rings is 1. The molecule has 0 amide bonds. The molecular formula is C25H28O3S. The Kier molecular flexibility index (Phi) is 4.47. The predicted molar refractivity (Wildman–Crippen MR) is 116 cm³/mol. The molecule has 0 bridgehead atoms. The molecule has 3 nitrogen and oxygen atoms in total. The molecule has 4 heteroatoms. The number of fused-ring (bicyclic) bond motifs is 3. The Morgan fingerprint density at radius 2 is 1.83 bits per heavy atom. The molecule has 0 radical (unpaired) electrons. The quantitative estimate of drug-likeness (QED) is 0.769. The molecule has 0 saturated heterocycles. The van der Waals surface area contributed by atoms with E-state index in [0.29, 0.717) is 5.78 Å². The van der Waals surface area contributed by atoms with Crippen LogP contribution in [0.15, 0.2) is 41.0 Å². The van der Waals surface area contributed by atoms with Crippen LogP contribution in [0, 0.1) is 17.8 Å². The molecule has 2 atom stereocenters. The summed E-state index contributed by atoms with van der Waals surface area (Å²) in [6.07, 6.45) is 12.5. The molecule has 0 aliphatic heterocycles. The Labute approximate surface area is 172 Å². The lowest BCUT2D eigenvalue weighted by atomic mass is 9.68. The van der Waals surface area contributed by atoms with Crippen LogP contribution >= 0.6 is 0 Å². The average Bonchev–Trinajstić information content (AvgIpc) is 3.50. The van der Waals surface area contributed by atoms with Gasteiger partial charge in [0.15, 0.2) is 9.84 Å². The highest BCUT2D eigenvalue weighted by Gasteiger charge is 2.40. The lowest BCUT2D eigenvalue weighted by molar-refractivity contribution is -0.121. The van der Waals surface area contributed by atoms with Crippen molar-refractivity contribution in [3.63, 3.8) is 0 Å². The van der Waals surface area contributed by atoms with Gasteiger partial charge in [-0.3, -0.25) is 4.79 Å². The first-order valence-electron chi connectivity index (χ1n) is 10.8. The molecule has 0 heterocycles. The standard InChI is InChI=1S/C25H28O3S/c1-15-11-18-5-3-4-6-20(18)24-22(25(26)17-8-9-17)13-19-12-16(14-29(2,27)28)7-10-21(19)23(15)24/h7,10-13,15,17,22H,3-6,8-9,14H2,1-2H3. The summed E-state index contributed by atoms with van der Waals surface area (Å²) in [6.45, 7) is 2.24.